The topological polar surface area (TPSA) is 110 Å². The van der Waals surface area contributed by atoms with Gasteiger partial charge in [0.1, 0.15) is 6.04 Å². The number of nitrogens with two attached hydrogens (primary N) is 2. The van der Waals surface area contributed by atoms with Crippen LogP contribution in [0.5, 0.6) is 0 Å². The molecule has 0 aliphatic carbocycles. The third-order valence-corrected chi connectivity index (χ3v) is 2.88. The minimum atomic E-state index is -0.714. The van der Waals surface area contributed by atoms with Crippen LogP contribution in [-0.4, -0.2) is 30.1 Å². The maximum Gasteiger partial charge on any atom is 0.312 e. The lowest BCUT2D eigenvalue weighted by Crippen LogP contribution is -2.58. The molecule has 0 saturated carbocycles. The lowest BCUT2D eigenvalue weighted by Gasteiger charge is -2.32. The van der Waals surface area contributed by atoms with Crippen LogP contribution in [0, 0.1) is 0 Å². The van der Waals surface area contributed by atoms with Gasteiger partial charge in [-0.1, -0.05) is 13.8 Å². The summed E-state index contributed by atoms with van der Waals surface area (Å²) in [5, 5.41) is 5.17. The zero-order chi connectivity index (χ0) is 12.8. The number of hydrogen-bond acceptors (Lipinski definition) is 3. The number of rotatable bonds is 6. The highest BCUT2D eigenvalue weighted by molar-refractivity contribution is 5.86. The Morgan fingerprint density at radius 2 is 1.81 bits per heavy atom. The SMILES string of the molecule is CCC(CC)(CN)NC(=O)C(C)NC(N)=O. The Morgan fingerprint density at radius 3 is 2.12 bits per heavy atom. The highest BCUT2D eigenvalue weighted by Gasteiger charge is 2.28. The van der Waals surface area contributed by atoms with Crippen LogP contribution in [0.3, 0.4) is 0 Å². The first-order chi connectivity index (χ1) is 7.40. The van der Waals surface area contributed by atoms with Crippen molar-refractivity contribution in [2.45, 2.75) is 45.2 Å². The van der Waals surface area contributed by atoms with Gasteiger partial charge in [-0.25, -0.2) is 4.79 Å². The van der Waals surface area contributed by atoms with Crippen LogP contribution in [0.15, 0.2) is 0 Å². The third-order valence-electron chi connectivity index (χ3n) is 2.88. The minimum absolute atomic E-state index is 0.270. The van der Waals surface area contributed by atoms with Crippen molar-refractivity contribution in [2.75, 3.05) is 6.54 Å². The van der Waals surface area contributed by atoms with E-state index in [9.17, 15) is 9.59 Å². The van der Waals surface area contributed by atoms with E-state index in [1.165, 1.54) is 0 Å². The van der Waals surface area contributed by atoms with E-state index in [-0.39, 0.29) is 5.91 Å². The zero-order valence-electron chi connectivity index (χ0n) is 10.2. The van der Waals surface area contributed by atoms with Gasteiger partial charge in [0.2, 0.25) is 5.91 Å². The molecule has 3 amide bonds. The molecule has 0 rings (SSSR count). The molecule has 0 aromatic heterocycles. The Labute approximate surface area is 96.1 Å². The summed E-state index contributed by atoms with van der Waals surface area (Å²) in [4.78, 5) is 22.3. The second kappa shape index (κ2) is 6.32. The average molecular weight is 230 g/mol. The molecule has 1 unspecified atom stereocenters. The Morgan fingerprint density at radius 1 is 1.31 bits per heavy atom. The molecule has 0 fully saturated rings. The normalized spacial score (nSPS) is 13.0. The molecule has 6 heteroatoms. The van der Waals surface area contributed by atoms with Crippen molar-refractivity contribution >= 4 is 11.9 Å². The molecule has 6 N–H and O–H groups in total. The second-order valence-electron chi connectivity index (χ2n) is 3.91. The van der Waals surface area contributed by atoms with Crippen LogP contribution in [0.25, 0.3) is 0 Å². The maximum absolute atomic E-state index is 11.7. The standard InChI is InChI=1S/C10H22N4O2/c1-4-10(5-2,6-11)14-8(15)7(3)13-9(12)16/h7H,4-6,11H2,1-3H3,(H,14,15)(H3,12,13,16). The number of urea groups is 1. The van der Waals surface area contributed by atoms with Gasteiger partial charge in [0.25, 0.3) is 0 Å². The molecule has 0 radical (unpaired) electrons. The van der Waals surface area contributed by atoms with Gasteiger partial charge in [0.15, 0.2) is 0 Å². The maximum atomic E-state index is 11.7. The molecule has 0 saturated heterocycles. The van der Waals surface area contributed by atoms with E-state index >= 15 is 0 Å². The molecule has 16 heavy (non-hydrogen) atoms. The van der Waals surface area contributed by atoms with E-state index in [1.807, 2.05) is 13.8 Å². The molecule has 0 aromatic rings. The third kappa shape index (κ3) is 4.06. The summed E-state index contributed by atoms with van der Waals surface area (Å²) < 4.78 is 0. The van der Waals surface area contributed by atoms with E-state index in [0.29, 0.717) is 6.54 Å². The van der Waals surface area contributed by atoms with E-state index < -0.39 is 17.6 Å². The summed E-state index contributed by atoms with van der Waals surface area (Å²) in [5.74, 6) is -0.270. The molecular weight excluding hydrogens is 208 g/mol. The summed E-state index contributed by atoms with van der Waals surface area (Å²) in [5.41, 5.74) is 10.2. The van der Waals surface area contributed by atoms with Crippen molar-refractivity contribution in [3.63, 3.8) is 0 Å². The Kier molecular flexibility index (Phi) is 5.81. The molecule has 0 spiro atoms. The van der Waals surface area contributed by atoms with E-state index in [4.69, 9.17) is 11.5 Å². The van der Waals surface area contributed by atoms with Crippen LogP contribution in [-0.2, 0) is 4.79 Å². The second-order valence-corrected chi connectivity index (χ2v) is 3.91. The molecule has 0 aliphatic heterocycles. The smallest absolute Gasteiger partial charge is 0.312 e. The van der Waals surface area contributed by atoms with Crippen molar-refractivity contribution in [1.82, 2.24) is 10.6 Å². The van der Waals surface area contributed by atoms with Gasteiger partial charge in [-0.2, -0.15) is 0 Å². The molecule has 0 aromatic carbocycles. The van der Waals surface area contributed by atoms with Crippen molar-refractivity contribution in [2.24, 2.45) is 11.5 Å². The fourth-order valence-corrected chi connectivity index (χ4v) is 1.42. The molecule has 0 aliphatic rings. The molecule has 94 valence electrons. The first kappa shape index (κ1) is 14.7. The summed E-state index contributed by atoms with van der Waals surface area (Å²) in [6.07, 6.45) is 1.49. The predicted molar refractivity (Wildman–Crippen MR) is 62.7 cm³/mol. The van der Waals surface area contributed by atoms with Crippen molar-refractivity contribution in [3.05, 3.63) is 0 Å². The van der Waals surface area contributed by atoms with E-state index in [0.717, 1.165) is 12.8 Å². The fraction of sp³-hybridized carbons (Fsp3) is 0.800. The fourth-order valence-electron chi connectivity index (χ4n) is 1.42. The van der Waals surface area contributed by atoms with Gasteiger partial charge in [0.05, 0.1) is 5.54 Å². The zero-order valence-corrected chi connectivity index (χ0v) is 10.2. The first-order valence-electron chi connectivity index (χ1n) is 5.48. The number of primary amides is 1. The molecule has 0 heterocycles. The monoisotopic (exact) mass is 230 g/mol. The Bertz CT molecular complexity index is 243. The number of carbonyl (C=O) groups excluding carboxylic acids is 2. The van der Waals surface area contributed by atoms with Gasteiger partial charge >= 0.3 is 6.03 Å². The van der Waals surface area contributed by atoms with E-state index in [1.54, 1.807) is 6.92 Å². The van der Waals surface area contributed by atoms with Crippen LogP contribution in [0.1, 0.15) is 33.6 Å². The minimum Gasteiger partial charge on any atom is -0.352 e. The number of carbonyl (C=O) groups is 2. The average Bonchev–Trinajstić information content (AvgIpc) is 2.25. The van der Waals surface area contributed by atoms with Crippen LogP contribution >= 0.6 is 0 Å². The van der Waals surface area contributed by atoms with E-state index in [2.05, 4.69) is 10.6 Å². The Hall–Kier alpha value is -1.30. The number of hydrogen-bond donors (Lipinski definition) is 4. The number of nitrogens with one attached hydrogen (secondary N) is 2. The summed E-state index contributed by atoms with van der Waals surface area (Å²) in [6.45, 7) is 5.87. The summed E-state index contributed by atoms with van der Waals surface area (Å²) >= 11 is 0. The highest BCUT2D eigenvalue weighted by Crippen LogP contribution is 2.13. The van der Waals surface area contributed by atoms with Crippen molar-refractivity contribution < 1.29 is 9.59 Å². The Balaban J connectivity index is 4.45. The van der Waals surface area contributed by atoms with Gasteiger partial charge in [0, 0.05) is 6.54 Å². The van der Waals surface area contributed by atoms with Gasteiger partial charge in [-0.05, 0) is 19.8 Å². The lowest BCUT2D eigenvalue weighted by molar-refractivity contribution is -0.124. The molecule has 0 bridgehead atoms. The first-order valence-corrected chi connectivity index (χ1v) is 5.48. The van der Waals surface area contributed by atoms with Crippen LogP contribution < -0.4 is 22.1 Å². The largest absolute Gasteiger partial charge is 0.352 e. The van der Waals surface area contributed by atoms with Crippen molar-refractivity contribution in [1.29, 1.82) is 0 Å². The van der Waals surface area contributed by atoms with Crippen LogP contribution in [0.2, 0.25) is 0 Å². The summed E-state index contributed by atoms with van der Waals surface area (Å²) in [6, 6.07) is -1.37. The summed E-state index contributed by atoms with van der Waals surface area (Å²) in [7, 11) is 0. The highest BCUT2D eigenvalue weighted by atomic mass is 16.2. The quantitative estimate of drug-likeness (QED) is 0.501. The molecule has 1 atom stereocenters. The molecule has 6 nitrogen and oxygen atoms in total. The van der Waals surface area contributed by atoms with Gasteiger partial charge < -0.3 is 22.1 Å². The number of amides is 3. The predicted octanol–water partition coefficient (Wildman–Crippen LogP) is -0.323. The van der Waals surface area contributed by atoms with Crippen LogP contribution in [0.4, 0.5) is 4.79 Å². The molecular formula is C10H22N4O2. The van der Waals surface area contributed by atoms with Gasteiger partial charge in [-0.15, -0.1) is 0 Å². The lowest BCUT2D eigenvalue weighted by atomic mass is 9.92. The van der Waals surface area contributed by atoms with Gasteiger partial charge in [-0.3, -0.25) is 4.79 Å². The van der Waals surface area contributed by atoms with Crippen molar-refractivity contribution in [3.8, 4) is 0 Å².